The van der Waals surface area contributed by atoms with E-state index in [-0.39, 0.29) is 17.0 Å². The molecule has 0 heterocycles. The van der Waals surface area contributed by atoms with Crippen LogP contribution in [0.2, 0.25) is 5.02 Å². The molecular weight excluding hydrogens is 260 g/mol. The molecule has 6 nitrogen and oxygen atoms in total. The Hall–Kier alpha value is -1.21. The van der Waals surface area contributed by atoms with E-state index in [1.807, 2.05) is 0 Å². The van der Waals surface area contributed by atoms with E-state index in [4.69, 9.17) is 21.1 Å². The summed E-state index contributed by atoms with van der Waals surface area (Å²) in [4.78, 5) is 10.2. The van der Waals surface area contributed by atoms with Crippen LogP contribution in [-0.2, 0) is 16.0 Å². The van der Waals surface area contributed by atoms with Crippen molar-refractivity contribution >= 4 is 17.3 Å². The topological polar surface area (TPSA) is 73.6 Å². The van der Waals surface area contributed by atoms with Gasteiger partial charge in [-0.1, -0.05) is 17.7 Å². The number of nitro benzene ring substituents is 1. The average Bonchev–Trinajstić information content (AvgIpc) is 2.36. The third kappa shape index (κ3) is 4.23. The highest BCUT2D eigenvalue weighted by atomic mass is 35.5. The lowest BCUT2D eigenvalue weighted by atomic mass is 10.2. The van der Waals surface area contributed by atoms with Crippen LogP contribution >= 0.6 is 11.6 Å². The summed E-state index contributed by atoms with van der Waals surface area (Å²) >= 11 is 5.72. The van der Waals surface area contributed by atoms with Gasteiger partial charge in [-0.25, -0.2) is 0 Å². The van der Waals surface area contributed by atoms with Crippen LogP contribution in [0.15, 0.2) is 18.2 Å². The largest absolute Gasteiger partial charge is 0.355 e. The minimum Gasteiger partial charge on any atom is -0.355 e. The van der Waals surface area contributed by atoms with Crippen molar-refractivity contribution in [1.82, 2.24) is 5.32 Å². The zero-order chi connectivity index (χ0) is 13.5. The molecule has 0 radical (unpaired) electrons. The number of nitrogens with one attached hydrogen (secondary N) is 1. The summed E-state index contributed by atoms with van der Waals surface area (Å²) < 4.78 is 10.0. The second kappa shape index (κ2) is 7.27. The number of benzene rings is 1. The molecule has 0 unspecified atom stereocenters. The third-order valence-electron chi connectivity index (χ3n) is 2.37. The summed E-state index contributed by atoms with van der Waals surface area (Å²) in [5.74, 6) is 0. The molecule has 0 aliphatic heterocycles. The van der Waals surface area contributed by atoms with E-state index in [0.717, 1.165) is 5.56 Å². The van der Waals surface area contributed by atoms with Crippen molar-refractivity contribution in [2.24, 2.45) is 0 Å². The van der Waals surface area contributed by atoms with Crippen LogP contribution in [0.3, 0.4) is 0 Å². The van der Waals surface area contributed by atoms with Crippen LogP contribution in [0, 0.1) is 10.1 Å². The number of hydrogen-bond donors (Lipinski definition) is 1. The Kier molecular flexibility index (Phi) is 6.00. The van der Waals surface area contributed by atoms with Gasteiger partial charge in [0.2, 0.25) is 0 Å². The molecule has 0 atom stereocenters. The van der Waals surface area contributed by atoms with Crippen molar-refractivity contribution in [2.75, 3.05) is 20.8 Å². The first-order chi connectivity index (χ1) is 8.58. The van der Waals surface area contributed by atoms with E-state index in [9.17, 15) is 10.1 Å². The normalized spacial score (nSPS) is 10.9. The summed E-state index contributed by atoms with van der Waals surface area (Å²) in [5, 5.41) is 13.9. The summed E-state index contributed by atoms with van der Waals surface area (Å²) in [7, 11) is 3.09. The predicted octanol–water partition coefficient (Wildman–Crippen LogP) is 1.96. The van der Waals surface area contributed by atoms with Crippen molar-refractivity contribution in [3.05, 3.63) is 38.9 Å². The van der Waals surface area contributed by atoms with Crippen molar-refractivity contribution in [1.29, 1.82) is 0 Å². The van der Waals surface area contributed by atoms with Gasteiger partial charge in [-0.15, -0.1) is 0 Å². The quantitative estimate of drug-likeness (QED) is 0.467. The van der Waals surface area contributed by atoms with Crippen LogP contribution in [-0.4, -0.2) is 32.0 Å². The van der Waals surface area contributed by atoms with Gasteiger partial charge in [0.05, 0.1) is 4.92 Å². The molecule has 0 amide bonds. The zero-order valence-corrected chi connectivity index (χ0v) is 10.9. The minimum atomic E-state index is -0.501. The highest BCUT2D eigenvalue weighted by Crippen LogP contribution is 2.24. The fraction of sp³-hybridized carbons (Fsp3) is 0.455. The van der Waals surface area contributed by atoms with Crippen molar-refractivity contribution in [3.63, 3.8) is 0 Å². The first kappa shape index (κ1) is 14.8. The van der Waals surface area contributed by atoms with Gasteiger partial charge >= 0.3 is 0 Å². The van der Waals surface area contributed by atoms with Gasteiger partial charge in [0.1, 0.15) is 5.02 Å². The first-order valence-electron chi connectivity index (χ1n) is 5.27. The van der Waals surface area contributed by atoms with Crippen LogP contribution < -0.4 is 5.32 Å². The van der Waals surface area contributed by atoms with E-state index in [0.29, 0.717) is 13.1 Å². The molecule has 1 rings (SSSR count). The maximum atomic E-state index is 10.7. The number of rotatable bonds is 7. The molecule has 0 fully saturated rings. The number of methoxy groups -OCH3 is 2. The van der Waals surface area contributed by atoms with Crippen LogP contribution in [0.25, 0.3) is 0 Å². The molecule has 0 aromatic heterocycles. The van der Waals surface area contributed by atoms with E-state index in [1.54, 1.807) is 20.3 Å². The Morgan fingerprint density at radius 3 is 2.67 bits per heavy atom. The van der Waals surface area contributed by atoms with Crippen LogP contribution in [0.5, 0.6) is 0 Å². The second-order valence-electron chi connectivity index (χ2n) is 3.57. The molecule has 0 aliphatic rings. The predicted molar refractivity (Wildman–Crippen MR) is 67.6 cm³/mol. The SMILES string of the molecule is COC(CNCc1ccc(Cl)c([N+](=O)[O-])c1)OC. The maximum absolute atomic E-state index is 10.7. The van der Waals surface area contributed by atoms with Gasteiger partial charge in [0.15, 0.2) is 6.29 Å². The fourth-order valence-corrected chi connectivity index (χ4v) is 1.59. The molecule has 100 valence electrons. The van der Waals surface area contributed by atoms with Crippen molar-refractivity contribution in [2.45, 2.75) is 12.8 Å². The van der Waals surface area contributed by atoms with Gasteiger partial charge in [0.25, 0.3) is 5.69 Å². The fourth-order valence-electron chi connectivity index (χ4n) is 1.41. The Morgan fingerprint density at radius 1 is 1.44 bits per heavy atom. The van der Waals surface area contributed by atoms with Gasteiger partial charge in [-0.3, -0.25) is 10.1 Å². The van der Waals surface area contributed by atoms with E-state index in [2.05, 4.69) is 5.32 Å². The number of halogens is 1. The van der Waals surface area contributed by atoms with Gasteiger partial charge in [-0.05, 0) is 11.6 Å². The monoisotopic (exact) mass is 274 g/mol. The molecule has 0 bridgehead atoms. The third-order valence-corrected chi connectivity index (χ3v) is 2.69. The molecule has 0 saturated heterocycles. The van der Waals surface area contributed by atoms with E-state index >= 15 is 0 Å². The number of hydrogen-bond acceptors (Lipinski definition) is 5. The number of nitro groups is 1. The summed E-state index contributed by atoms with van der Waals surface area (Å²) in [6.07, 6.45) is -0.340. The highest BCUT2D eigenvalue weighted by molar-refractivity contribution is 6.32. The van der Waals surface area contributed by atoms with Gasteiger partial charge < -0.3 is 14.8 Å². The molecule has 0 spiro atoms. The minimum absolute atomic E-state index is 0.0917. The average molecular weight is 275 g/mol. The molecule has 18 heavy (non-hydrogen) atoms. The lowest BCUT2D eigenvalue weighted by Gasteiger charge is -2.14. The van der Waals surface area contributed by atoms with Crippen molar-refractivity contribution in [3.8, 4) is 0 Å². The summed E-state index contributed by atoms with van der Waals surface area (Å²) in [5.41, 5.74) is 0.683. The standard InChI is InChI=1S/C11H15ClN2O4/c1-17-11(18-2)7-13-6-8-3-4-9(12)10(5-8)14(15)16/h3-5,11,13H,6-7H2,1-2H3. The summed E-state index contributed by atoms with van der Waals surface area (Å²) in [6, 6.07) is 4.70. The highest BCUT2D eigenvalue weighted by Gasteiger charge is 2.12. The molecule has 7 heteroatoms. The molecule has 0 aliphatic carbocycles. The number of ether oxygens (including phenoxy) is 2. The number of nitrogens with zero attached hydrogens (tertiary/aromatic N) is 1. The van der Waals surface area contributed by atoms with Crippen LogP contribution in [0.4, 0.5) is 5.69 Å². The Bertz CT molecular complexity index is 410. The smallest absolute Gasteiger partial charge is 0.288 e. The molecule has 1 aromatic rings. The Morgan fingerprint density at radius 2 is 2.11 bits per heavy atom. The molecular formula is C11H15ClN2O4. The zero-order valence-electron chi connectivity index (χ0n) is 10.2. The van der Waals surface area contributed by atoms with Crippen molar-refractivity contribution < 1.29 is 14.4 Å². The lowest BCUT2D eigenvalue weighted by Crippen LogP contribution is -2.29. The Labute approximate surface area is 110 Å². The van der Waals surface area contributed by atoms with Gasteiger partial charge in [0, 0.05) is 33.4 Å². The van der Waals surface area contributed by atoms with Gasteiger partial charge in [-0.2, -0.15) is 0 Å². The van der Waals surface area contributed by atoms with Crippen LogP contribution in [0.1, 0.15) is 5.56 Å². The van der Waals surface area contributed by atoms with E-state index in [1.165, 1.54) is 12.1 Å². The second-order valence-corrected chi connectivity index (χ2v) is 3.98. The lowest BCUT2D eigenvalue weighted by molar-refractivity contribution is -0.384. The summed E-state index contributed by atoms with van der Waals surface area (Å²) in [6.45, 7) is 0.963. The van der Waals surface area contributed by atoms with E-state index < -0.39 is 4.92 Å². The molecule has 1 aromatic carbocycles. The maximum Gasteiger partial charge on any atom is 0.288 e. The first-order valence-corrected chi connectivity index (χ1v) is 5.65. The molecule has 1 N–H and O–H groups in total. The Balaban J connectivity index is 2.58. The molecule has 0 saturated carbocycles.